The molecule has 0 aliphatic rings. The standard InChI is InChI=1S/C18H21ClN2O5S/c1-3-26-17-8-7-15(27(23,24)20-9-10-25-2)12-16(17)21-18(22)13-5-4-6-14(19)11-13/h4-8,11-12,20H,3,9-10H2,1-2H3,(H,21,22). The third kappa shape index (κ3) is 5.93. The number of halogens is 1. The van der Waals surface area contributed by atoms with E-state index >= 15 is 0 Å². The average Bonchev–Trinajstić information content (AvgIpc) is 2.63. The van der Waals surface area contributed by atoms with Gasteiger partial charge in [-0.3, -0.25) is 4.79 Å². The molecule has 2 aromatic rings. The zero-order valence-electron chi connectivity index (χ0n) is 15.0. The first kappa shape index (κ1) is 21.2. The summed E-state index contributed by atoms with van der Waals surface area (Å²) < 4.78 is 37.5. The molecule has 0 aromatic heterocycles. The molecule has 2 N–H and O–H groups in total. The lowest BCUT2D eigenvalue weighted by Crippen LogP contribution is -2.27. The van der Waals surface area contributed by atoms with E-state index in [1.165, 1.54) is 31.4 Å². The molecule has 0 spiro atoms. The van der Waals surface area contributed by atoms with Gasteiger partial charge in [0.15, 0.2) is 0 Å². The van der Waals surface area contributed by atoms with E-state index in [9.17, 15) is 13.2 Å². The first-order chi connectivity index (χ1) is 12.9. The first-order valence-electron chi connectivity index (χ1n) is 8.19. The molecule has 0 unspecified atom stereocenters. The number of amides is 1. The van der Waals surface area contributed by atoms with Crippen molar-refractivity contribution in [1.29, 1.82) is 0 Å². The van der Waals surface area contributed by atoms with Crippen LogP contribution in [0.25, 0.3) is 0 Å². The molecule has 0 saturated carbocycles. The normalized spacial score (nSPS) is 11.2. The number of sulfonamides is 1. The Morgan fingerprint density at radius 3 is 2.63 bits per heavy atom. The molecule has 0 atom stereocenters. The number of carbonyl (C=O) groups is 1. The van der Waals surface area contributed by atoms with Gasteiger partial charge in [0.05, 0.1) is 23.8 Å². The second-order valence-electron chi connectivity index (χ2n) is 5.45. The highest BCUT2D eigenvalue weighted by Crippen LogP contribution is 2.28. The number of rotatable bonds is 9. The van der Waals surface area contributed by atoms with E-state index in [1.54, 1.807) is 25.1 Å². The maximum Gasteiger partial charge on any atom is 0.255 e. The lowest BCUT2D eigenvalue weighted by Gasteiger charge is -2.14. The SMILES string of the molecule is CCOc1ccc(S(=O)(=O)NCCOC)cc1NC(=O)c1cccc(Cl)c1. The lowest BCUT2D eigenvalue weighted by molar-refractivity contribution is 0.102. The van der Waals surface area contributed by atoms with Crippen molar-refractivity contribution >= 4 is 33.2 Å². The topological polar surface area (TPSA) is 93.7 Å². The minimum Gasteiger partial charge on any atom is -0.492 e. The van der Waals surface area contributed by atoms with E-state index < -0.39 is 15.9 Å². The molecule has 0 aliphatic heterocycles. The molecule has 0 saturated heterocycles. The minimum absolute atomic E-state index is 0.00319. The van der Waals surface area contributed by atoms with E-state index in [1.807, 2.05) is 0 Å². The molecule has 2 aromatic carbocycles. The number of carbonyl (C=O) groups excluding carboxylic acids is 1. The van der Waals surface area contributed by atoms with Gasteiger partial charge in [0.2, 0.25) is 10.0 Å². The van der Waals surface area contributed by atoms with E-state index in [-0.39, 0.29) is 23.7 Å². The van der Waals surface area contributed by atoms with Crippen molar-refractivity contribution in [3.63, 3.8) is 0 Å². The van der Waals surface area contributed by atoms with Crippen LogP contribution in [0.1, 0.15) is 17.3 Å². The smallest absolute Gasteiger partial charge is 0.255 e. The molecular weight excluding hydrogens is 392 g/mol. The molecule has 0 radical (unpaired) electrons. The number of methoxy groups -OCH3 is 1. The number of hydrogen-bond acceptors (Lipinski definition) is 5. The summed E-state index contributed by atoms with van der Waals surface area (Å²) >= 11 is 5.92. The molecule has 9 heteroatoms. The Balaban J connectivity index is 2.31. The fraction of sp³-hybridized carbons (Fsp3) is 0.278. The molecule has 0 heterocycles. The average molecular weight is 413 g/mol. The van der Waals surface area contributed by atoms with Gasteiger partial charge in [0.25, 0.3) is 5.91 Å². The van der Waals surface area contributed by atoms with Crippen molar-refractivity contribution in [3.8, 4) is 5.75 Å². The van der Waals surface area contributed by atoms with Crippen LogP contribution in [0.2, 0.25) is 5.02 Å². The van der Waals surface area contributed by atoms with Crippen molar-refractivity contribution in [1.82, 2.24) is 4.72 Å². The van der Waals surface area contributed by atoms with Gasteiger partial charge in [-0.15, -0.1) is 0 Å². The number of nitrogens with one attached hydrogen (secondary N) is 2. The van der Waals surface area contributed by atoms with Gasteiger partial charge in [-0.25, -0.2) is 13.1 Å². The fourth-order valence-electron chi connectivity index (χ4n) is 2.24. The third-order valence-corrected chi connectivity index (χ3v) is 5.19. The van der Waals surface area contributed by atoms with E-state index in [4.69, 9.17) is 21.1 Å². The Kier molecular flexibility index (Phi) is 7.61. The van der Waals surface area contributed by atoms with Gasteiger partial charge in [0.1, 0.15) is 5.75 Å². The van der Waals surface area contributed by atoms with Gasteiger partial charge in [-0.05, 0) is 43.3 Å². The molecule has 1 amide bonds. The van der Waals surface area contributed by atoms with E-state index in [0.29, 0.717) is 22.9 Å². The van der Waals surface area contributed by atoms with Crippen molar-refractivity contribution in [2.75, 3.05) is 32.2 Å². The molecule has 7 nitrogen and oxygen atoms in total. The highest BCUT2D eigenvalue weighted by molar-refractivity contribution is 7.89. The van der Waals surface area contributed by atoms with Gasteiger partial charge >= 0.3 is 0 Å². The minimum atomic E-state index is -3.75. The predicted octanol–water partition coefficient (Wildman–Crippen LogP) is 2.92. The molecule has 2 rings (SSSR count). The summed E-state index contributed by atoms with van der Waals surface area (Å²) in [6, 6.07) is 10.7. The molecule has 27 heavy (non-hydrogen) atoms. The summed E-state index contributed by atoms with van der Waals surface area (Å²) in [5, 5.41) is 3.10. The maximum atomic E-state index is 12.5. The summed E-state index contributed by atoms with van der Waals surface area (Å²) in [6.07, 6.45) is 0. The van der Waals surface area contributed by atoms with Crippen LogP contribution in [0.4, 0.5) is 5.69 Å². The Morgan fingerprint density at radius 1 is 1.19 bits per heavy atom. The number of hydrogen-bond donors (Lipinski definition) is 2. The molecule has 0 aliphatic carbocycles. The molecule has 0 fully saturated rings. The monoisotopic (exact) mass is 412 g/mol. The highest BCUT2D eigenvalue weighted by atomic mass is 35.5. The van der Waals surface area contributed by atoms with Crippen LogP contribution in [0, 0.1) is 0 Å². The fourth-order valence-corrected chi connectivity index (χ4v) is 3.47. The summed E-state index contributed by atoms with van der Waals surface area (Å²) in [6.45, 7) is 2.53. The Bertz CT molecular complexity index is 902. The van der Waals surface area contributed by atoms with Crippen LogP contribution in [0.5, 0.6) is 5.75 Å². The number of ether oxygens (including phenoxy) is 2. The largest absolute Gasteiger partial charge is 0.492 e. The van der Waals surface area contributed by atoms with Crippen LogP contribution in [0.15, 0.2) is 47.4 Å². The highest BCUT2D eigenvalue weighted by Gasteiger charge is 2.18. The maximum absolute atomic E-state index is 12.5. The lowest BCUT2D eigenvalue weighted by atomic mass is 10.2. The predicted molar refractivity (Wildman–Crippen MR) is 104 cm³/mol. The van der Waals surface area contributed by atoms with Crippen molar-refractivity contribution < 1.29 is 22.7 Å². The Hall–Kier alpha value is -2.13. The molecular formula is C18H21ClN2O5S. The summed E-state index contributed by atoms with van der Waals surface area (Å²) in [4.78, 5) is 12.5. The van der Waals surface area contributed by atoms with Gasteiger partial charge in [-0.1, -0.05) is 17.7 Å². The molecule has 146 valence electrons. The van der Waals surface area contributed by atoms with Crippen molar-refractivity contribution in [2.45, 2.75) is 11.8 Å². The van der Waals surface area contributed by atoms with Gasteiger partial charge < -0.3 is 14.8 Å². The zero-order valence-corrected chi connectivity index (χ0v) is 16.6. The van der Waals surface area contributed by atoms with Crippen LogP contribution in [-0.4, -0.2) is 41.2 Å². The van der Waals surface area contributed by atoms with E-state index in [2.05, 4.69) is 10.0 Å². The molecule has 0 bridgehead atoms. The van der Waals surface area contributed by atoms with Crippen LogP contribution in [0.3, 0.4) is 0 Å². The third-order valence-electron chi connectivity index (χ3n) is 3.49. The van der Waals surface area contributed by atoms with Gasteiger partial charge in [0, 0.05) is 24.2 Å². The zero-order chi connectivity index (χ0) is 19.9. The Labute approximate surface area is 163 Å². The summed E-state index contributed by atoms with van der Waals surface area (Å²) in [5.41, 5.74) is 0.591. The van der Waals surface area contributed by atoms with Crippen molar-refractivity contribution in [3.05, 3.63) is 53.1 Å². The van der Waals surface area contributed by atoms with Gasteiger partial charge in [-0.2, -0.15) is 0 Å². The second kappa shape index (κ2) is 9.70. The quantitative estimate of drug-likeness (QED) is 0.617. The second-order valence-corrected chi connectivity index (χ2v) is 7.65. The van der Waals surface area contributed by atoms with Crippen LogP contribution < -0.4 is 14.8 Å². The number of benzene rings is 2. The van der Waals surface area contributed by atoms with Crippen LogP contribution >= 0.6 is 11.6 Å². The first-order valence-corrected chi connectivity index (χ1v) is 10.1. The summed E-state index contributed by atoms with van der Waals surface area (Å²) in [5.74, 6) is -0.0657. The Morgan fingerprint density at radius 2 is 1.96 bits per heavy atom. The van der Waals surface area contributed by atoms with E-state index in [0.717, 1.165) is 0 Å². The van der Waals surface area contributed by atoms with Crippen LogP contribution in [-0.2, 0) is 14.8 Å². The summed E-state index contributed by atoms with van der Waals surface area (Å²) in [7, 11) is -2.27. The van der Waals surface area contributed by atoms with Crippen molar-refractivity contribution in [2.24, 2.45) is 0 Å². The number of anilines is 1.